The van der Waals surface area contributed by atoms with Crippen LogP contribution in [0.25, 0.3) is 0 Å². The third-order valence-corrected chi connectivity index (χ3v) is 7.00. The number of rotatable bonds is 2. The second-order valence-electron chi connectivity index (χ2n) is 8.69. The lowest BCUT2D eigenvalue weighted by Gasteiger charge is -2.27. The zero-order valence-corrected chi connectivity index (χ0v) is 17.7. The van der Waals surface area contributed by atoms with Crippen LogP contribution in [0.1, 0.15) is 37.9 Å². The minimum atomic E-state index is -2.04. The molecule has 2 heterocycles. The number of imide groups is 1. The number of aryl methyl sites for hydroxylation is 1. The molecule has 1 aliphatic carbocycles. The fourth-order valence-corrected chi connectivity index (χ4v) is 5.51. The summed E-state index contributed by atoms with van der Waals surface area (Å²) in [7, 11) is 0. The third-order valence-electron chi connectivity index (χ3n) is 7.00. The number of ketones is 2. The molecule has 2 aliphatic heterocycles. The van der Waals surface area contributed by atoms with Crippen LogP contribution >= 0.6 is 0 Å². The summed E-state index contributed by atoms with van der Waals surface area (Å²) in [5.41, 5.74) is 0.263. The molecule has 33 heavy (non-hydrogen) atoms. The molecule has 2 saturated heterocycles. The fraction of sp³-hybridized carbons (Fsp3) is 0.185. The molecule has 6 rings (SSSR count). The maximum Gasteiger partial charge on any atom is 0.241 e. The van der Waals surface area contributed by atoms with E-state index in [1.54, 1.807) is 60.7 Å². The van der Waals surface area contributed by atoms with Crippen LogP contribution in [0.2, 0.25) is 0 Å². The number of anilines is 1. The highest BCUT2D eigenvalue weighted by atomic mass is 16.5. The molecule has 3 atom stereocenters. The lowest BCUT2D eigenvalue weighted by Crippen LogP contribution is -2.51. The van der Waals surface area contributed by atoms with Gasteiger partial charge in [0.15, 0.2) is 0 Å². The molecule has 6 nitrogen and oxygen atoms in total. The molecule has 0 unspecified atom stereocenters. The smallest absolute Gasteiger partial charge is 0.241 e. The Morgan fingerprint density at radius 2 is 1.30 bits per heavy atom. The van der Waals surface area contributed by atoms with Crippen molar-refractivity contribution in [2.45, 2.75) is 18.6 Å². The highest BCUT2D eigenvalue weighted by Crippen LogP contribution is 2.57. The molecule has 3 aromatic rings. The van der Waals surface area contributed by atoms with Gasteiger partial charge in [0.05, 0.1) is 23.6 Å². The number of fused-ring (bicyclic) bond motifs is 3. The van der Waals surface area contributed by atoms with E-state index in [1.807, 2.05) is 25.1 Å². The zero-order valence-electron chi connectivity index (χ0n) is 17.7. The molecule has 0 saturated carbocycles. The molecule has 0 radical (unpaired) electrons. The Hall–Kier alpha value is -3.90. The lowest BCUT2D eigenvalue weighted by atomic mass is 9.77. The second-order valence-corrected chi connectivity index (χ2v) is 8.69. The number of hydrogen-bond donors (Lipinski definition) is 0. The molecular weight excluding hydrogens is 418 g/mol. The van der Waals surface area contributed by atoms with Crippen molar-refractivity contribution in [3.05, 3.63) is 101 Å². The molecule has 1 spiro atoms. The molecule has 3 aromatic carbocycles. The van der Waals surface area contributed by atoms with E-state index in [0.29, 0.717) is 11.3 Å². The summed E-state index contributed by atoms with van der Waals surface area (Å²) >= 11 is 0. The van der Waals surface area contributed by atoms with Crippen LogP contribution in [0, 0.1) is 18.8 Å². The SMILES string of the molecule is Cc1ccccc1N1C(=O)[C@H]2[C@@H](c3ccccc3)OC3(C(=O)c4ccccc4C3=O)[C@H]2C1=O. The summed E-state index contributed by atoms with van der Waals surface area (Å²) in [5.74, 6) is -4.36. The van der Waals surface area contributed by atoms with Crippen molar-refractivity contribution in [2.24, 2.45) is 11.8 Å². The van der Waals surface area contributed by atoms with E-state index in [2.05, 4.69) is 0 Å². The van der Waals surface area contributed by atoms with Crippen molar-refractivity contribution in [1.82, 2.24) is 0 Å². The van der Waals surface area contributed by atoms with Gasteiger partial charge in [0.2, 0.25) is 29.0 Å². The van der Waals surface area contributed by atoms with Crippen LogP contribution in [-0.2, 0) is 14.3 Å². The quantitative estimate of drug-likeness (QED) is 0.451. The summed E-state index contributed by atoms with van der Waals surface area (Å²) in [6, 6.07) is 22.6. The Bertz CT molecular complexity index is 1330. The lowest BCUT2D eigenvalue weighted by molar-refractivity contribution is -0.127. The standard InChI is InChI=1S/C27H19NO5/c1-15-9-5-8-14-19(15)28-25(31)20-21(26(28)32)27(33-22(20)16-10-3-2-4-11-16)23(29)17-12-6-7-13-18(17)24(27)30/h2-14,20-22H,1H3/t20-,21-,22-/m1/s1. The first-order chi connectivity index (χ1) is 16.0. The van der Waals surface area contributed by atoms with E-state index in [9.17, 15) is 19.2 Å². The van der Waals surface area contributed by atoms with Crippen LogP contribution in [-0.4, -0.2) is 29.0 Å². The van der Waals surface area contributed by atoms with Gasteiger partial charge in [-0.1, -0.05) is 72.8 Å². The predicted molar refractivity (Wildman–Crippen MR) is 119 cm³/mol. The Morgan fingerprint density at radius 1 is 0.727 bits per heavy atom. The summed E-state index contributed by atoms with van der Waals surface area (Å²) < 4.78 is 6.26. The normalized spacial score (nSPS) is 25.1. The second kappa shape index (κ2) is 6.80. The Morgan fingerprint density at radius 3 is 1.94 bits per heavy atom. The topological polar surface area (TPSA) is 80.8 Å². The molecule has 6 heteroatoms. The van der Waals surface area contributed by atoms with Gasteiger partial charge in [-0.3, -0.25) is 19.2 Å². The van der Waals surface area contributed by atoms with E-state index in [1.165, 1.54) is 0 Å². The van der Waals surface area contributed by atoms with Gasteiger partial charge in [-0.25, -0.2) is 4.90 Å². The minimum absolute atomic E-state index is 0.226. The molecule has 0 N–H and O–H groups in total. The molecule has 2 fully saturated rings. The van der Waals surface area contributed by atoms with Gasteiger partial charge in [0.25, 0.3) is 0 Å². The molecule has 0 aromatic heterocycles. The number of carbonyl (C=O) groups is 4. The number of para-hydroxylation sites is 1. The number of Topliss-reactive ketones (excluding diaryl/α,β-unsaturated/α-hetero) is 2. The molecular formula is C27H19NO5. The van der Waals surface area contributed by atoms with Crippen molar-refractivity contribution >= 4 is 29.1 Å². The summed E-state index contributed by atoms with van der Waals surface area (Å²) in [4.78, 5) is 56.1. The average Bonchev–Trinajstić information content (AvgIpc) is 3.40. The van der Waals surface area contributed by atoms with Crippen LogP contribution in [0.4, 0.5) is 5.69 Å². The first-order valence-electron chi connectivity index (χ1n) is 10.8. The van der Waals surface area contributed by atoms with Gasteiger partial charge in [-0.15, -0.1) is 0 Å². The highest BCUT2D eigenvalue weighted by molar-refractivity contribution is 6.37. The van der Waals surface area contributed by atoms with Crippen molar-refractivity contribution < 1.29 is 23.9 Å². The number of ether oxygens (including phenoxy) is 1. The van der Waals surface area contributed by atoms with Crippen LogP contribution in [0.15, 0.2) is 78.9 Å². The number of hydrogen-bond acceptors (Lipinski definition) is 5. The Balaban J connectivity index is 1.57. The molecule has 162 valence electrons. The van der Waals surface area contributed by atoms with Gasteiger partial charge in [-0.05, 0) is 24.1 Å². The number of amides is 2. The molecule has 2 amide bonds. The predicted octanol–water partition coefficient (Wildman–Crippen LogP) is 3.69. The molecule has 0 bridgehead atoms. The summed E-state index contributed by atoms with van der Waals surface area (Å²) in [6.07, 6.45) is -0.899. The summed E-state index contributed by atoms with van der Waals surface area (Å²) in [6.45, 7) is 1.81. The van der Waals surface area contributed by atoms with Crippen molar-refractivity contribution in [3.8, 4) is 0 Å². The van der Waals surface area contributed by atoms with Gasteiger partial charge in [0, 0.05) is 11.1 Å². The van der Waals surface area contributed by atoms with E-state index in [0.717, 1.165) is 10.5 Å². The van der Waals surface area contributed by atoms with Crippen LogP contribution in [0.3, 0.4) is 0 Å². The van der Waals surface area contributed by atoms with E-state index in [-0.39, 0.29) is 11.1 Å². The van der Waals surface area contributed by atoms with E-state index < -0.39 is 46.9 Å². The van der Waals surface area contributed by atoms with Gasteiger partial charge < -0.3 is 4.74 Å². The van der Waals surface area contributed by atoms with Crippen molar-refractivity contribution in [1.29, 1.82) is 0 Å². The first-order valence-corrected chi connectivity index (χ1v) is 10.8. The number of nitrogens with zero attached hydrogens (tertiary/aromatic N) is 1. The Kier molecular flexibility index (Phi) is 4.07. The largest absolute Gasteiger partial charge is 0.349 e. The average molecular weight is 437 g/mol. The van der Waals surface area contributed by atoms with Gasteiger partial charge in [-0.2, -0.15) is 0 Å². The van der Waals surface area contributed by atoms with Gasteiger partial charge in [0.1, 0.15) is 0 Å². The number of carbonyl (C=O) groups excluding carboxylic acids is 4. The molecule has 3 aliphatic rings. The van der Waals surface area contributed by atoms with E-state index >= 15 is 0 Å². The van der Waals surface area contributed by atoms with Crippen LogP contribution in [0.5, 0.6) is 0 Å². The highest BCUT2D eigenvalue weighted by Gasteiger charge is 2.74. The monoisotopic (exact) mass is 437 g/mol. The maximum absolute atomic E-state index is 13.9. The summed E-state index contributed by atoms with van der Waals surface area (Å²) in [5, 5.41) is 0. The van der Waals surface area contributed by atoms with Gasteiger partial charge >= 0.3 is 0 Å². The Labute approximate surface area is 189 Å². The zero-order chi connectivity index (χ0) is 22.9. The third kappa shape index (κ3) is 2.41. The van der Waals surface area contributed by atoms with E-state index in [4.69, 9.17) is 4.74 Å². The number of benzene rings is 3. The van der Waals surface area contributed by atoms with Crippen molar-refractivity contribution in [3.63, 3.8) is 0 Å². The van der Waals surface area contributed by atoms with Crippen molar-refractivity contribution in [2.75, 3.05) is 4.90 Å². The fourth-order valence-electron chi connectivity index (χ4n) is 5.51. The minimum Gasteiger partial charge on any atom is -0.349 e. The van der Waals surface area contributed by atoms with Crippen LogP contribution < -0.4 is 4.90 Å². The maximum atomic E-state index is 13.9. The first kappa shape index (κ1) is 19.8.